The van der Waals surface area contributed by atoms with Crippen LogP contribution in [-0.2, 0) is 0 Å². The van der Waals surface area contributed by atoms with Gasteiger partial charge in [-0.25, -0.2) is 9.18 Å². The molecule has 3 nitrogen and oxygen atoms in total. The second-order valence-electron chi connectivity index (χ2n) is 2.69. The van der Waals surface area contributed by atoms with Crippen molar-refractivity contribution in [3.05, 3.63) is 38.9 Å². The quantitative estimate of drug-likeness (QED) is 0.739. The zero-order chi connectivity index (χ0) is 10.3. The van der Waals surface area contributed by atoms with Gasteiger partial charge in [0.15, 0.2) is 0 Å². The van der Waals surface area contributed by atoms with Gasteiger partial charge in [-0.1, -0.05) is 0 Å². The van der Waals surface area contributed by atoms with E-state index in [4.69, 9.17) is 4.42 Å². The molecule has 1 aromatic heterocycles. The Labute approximate surface area is 85.9 Å². The number of hydrogen-bond acceptors (Lipinski definition) is 3. The summed E-state index contributed by atoms with van der Waals surface area (Å²) < 4.78 is 17.5. The Morgan fingerprint density at radius 3 is 2.86 bits per heavy atom. The van der Waals surface area contributed by atoms with E-state index in [0.29, 0.717) is 0 Å². The van der Waals surface area contributed by atoms with Gasteiger partial charge in [-0.3, -0.25) is 0 Å². The van der Waals surface area contributed by atoms with Crippen molar-refractivity contribution in [2.45, 2.75) is 0 Å². The molecule has 5 heteroatoms. The summed E-state index contributed by atoms with van der Waals surface area (Å²) in [5, 5.41) is 9.65. The summed E-state index contributed by atoms with van der Waals surface area (Å²) >= 11 is 2.85. The van der Waals surface area contributed by atoms with Gasteiger partial charge in [0.2, 0.25) is 0 Å². The van der Waals surface area contributed by atoms with E-state index in [2.05, 4.69) is 15.9 Å². The summed E-state index contributed by atoms with van der Waals surface area (Å²) in [5.41, 5.74) is -0.543. The Balaban J connectivity index is 2.99. The maximum Gasteiger partial charge on any atom is 0.354 e. The summed E-state index contributed by atoms with van der Waals surface area (Å²) in [6.45, 7) is 0. The lowest BCUT2D eigenvalue weighted by Crippen LogP contribution is -1.99. The summed E-state index contributed by atoms with van der Waals surface area (Å²) in [7, 11) is 0. The molecule has 0 aliphatic heterocycles. The van der Waals surface area contributed by atoms with E-state index in [1.165, 1.54) is 6.07 Å². The first-order valence-corrected chi connectivity index (χ1v) is 4.49. The van der Waals surface area contributed by atoms with Crippen LogP contribution in [0.15, 0.2) is 31.9 Å². The molecular formula is C9H4BrFO3. The summed E-state index contributed by atoms with van der Waals surface area (Å²) in [5.74, 6) is -0.815. The number of hydrogen-bond donors (Lipinski definition) is 1. The summed E-state index contributed by atoms with van der Waals surface area (Å²) in [6.07, 6.45) is 0. The van der Waals surface area contributed by atoms with Crippen LogP contribution in [0.25, 0.3) is 11.0 Å². The van der Waals surface area contributed by atoms with Crippen molar-refractivity contribution < 1.29 is 13.9 Å². The number of halogens is 2. The van der Waals surface area contributed by atoms with Crippen LogP contribution in [0.3, 0.4) is 0 Å². The predicted octanol–water partition coefficient (Wildman–Crippen LogP) is 2.40. The minimum absolute atomic E-state index is 0.101. The second kappa shape index (κ2) is 3.09. The molecule has 0 radical (unpaired) electrons. The average Bonchev–Trinajstić information content (AvgIpc) is 2.16. The van der Waals surface area contributed by atoms with Crippen molar-refractivity contribution in [1.29, 1.82) is 0 Å². The fraction of sp³-hybridized carbons (Fsp3) is 0. The van der Waals surface area contributed by atoms with Crippen molar-refractivity contribution in [1.82, 2.24) is 0 Å². The lowest BCUT2D eigenvalue weighted by molar-refractivity contribution is 0.462. The van der Waals surface area contributed by atoms with Gasteiger partial charge < -0.3 is 9.52 Å². The molecule has 0 saturated heterocycles. The maximum atomic E-state index is 12.8. The minimum atomic E-state index is -0.693. The number of benzene rings is 1. The van der Waals surface area contributed by atoms with Crippen molar-refractivity contribution in [3.8, 4) is 5.75 Å². The number of fused-ring (bicyclic) bond motifs is 1. The molecule has 2 aromatic rings. The normalized spacial score (nSPS) is 10.7. The SMILES string of the molecule is O=c1oc2ccc(F)cc2c(O)c1Br. The third-order valence-electron chi connectivity index (χ3n) is 1.79. The van der Waals surface area contributed by atoms with Gasteiger partial charge in [0.25, 0.3) is 0 Å². The molecule has 1 N–H and O–H groups in total. The van der Waals surface area contributed by atoms with E-state index in [0.717, 1.165) is 12.1 Å². The molecular weight excluding hydrogens is 255 g/mol. The fourth-order valence-electron chi connectivity index (χ4n) is 1.14. The molecule has 2 rings (SSSR count). The van der Waals surface area contributed by atoms with Crippen LogP contribution >= 0.6 is 15.9 Å². The zero-order valence-electron chi connectivity index (χ0n) is 6.75. The van der Waals surface area contributed by atoms with E-state index < -0.39 is 11.4 Å². The standard InChI is InChI=1S/C9H4BrFO3/c10-7-8(12)5-3-4(11)1-2-6(5)14-9(7)13/h1-3,12H. The summed E-state index contributed by atoms with van der Waals surface area (Å²) in [6, 6.07) is 3.54. The number of rotatable bonds is 0. The first-order valence-electron chi connectivity index (χ1n) is 3.70. The van der Waals surface area contributed by atoms with E-state index in [1.807, 2.05) is 0 Å². The second-order valence-corrected chi connectivity index (χ2v) is 3.49. The van der Waals surface area contributed by atoms with Crippen LogP contribution in [0.4, 0.5) is 4.39 Å². The molecule has 1 aromatic carbocycles. The third-order valence-corrected chi connectivity index (χ3v) is 2.49. The van der Waals surface area contributed by atoms with Crippen molar-refractivity contribution in [3.63, 3.8) is 0 Å². The highest BCUT2D eigenvalue weighted by atomic mass is 79.9. The first-order chi connectivity index (χ1) is 6.59. The van der Waals surface area contributed by atoms with Gasteiger partial charge in [-0.05, 0) is 34.1 Å². The molecule has 0 aliphatic rings. The minimum Gasteiger partial charge on any atom is -0.506 e. The summed E-state index contributed by atoms with van der Waals surface area (Å²) in [4.78, 5) is 11.1. The molecule has 14 heavy (non-hydrogen) atoms. The largest absolute Gasteiger partial charge is 0.506 e. The van der Waals surface area contributed by atoms with Crippen LogP contribution in [0.2, 0.25) is 0 Å². The van der Waals surface area contributed by atoms with E-state index in [1.54, 1.807) is 0 Å². The van der Waals surface area contributed by atoms with Gasteiger partial charge in [-0.15, -0.1) is 0 Å². The zero-order valence-corrected chi connectivity index (χ0v) is 8.34. The number of aromatic hydroxyl groups is 1. The van der Waals surface area contributed by atoms with Crippen LogP contribution in [0.1, 0.15) is 0 Å². The van der Waals surface area contributed by atoms with Crippen LogP contribution in [0, 0.1) is 5.82 Å². The molecule has 0 atom stereocenters. The molecule has 0 amide bonds. The third kappa shape index (κ3) is 1.29. The highest BCUT2D eigenvalue weighted by molar-refractivity contribution is 9.10. The van der Waals surface area contributed by atoms with Crippen LogP contribution in [0.5, 0.6) is 5.75 Å². The fourth-order valence-corrected chi connectivity index (χ4v) is 1.43. The van der Waals surface area contributed by atoms with Gasteiger partial charge in [0.1, 0.15) is 21.6 Å². The van der Waals surface area contributed by atoms with Gasteiger partial charge >= 0.3 is 5.63 Å². The van der Waals surface area contributed by atoms with Crippen molar-refractivity contribution in [2.24, 2.45) is 0 Å². The molecule has 0 fully saturated rings. The highest BCUT2D eigenvalue weighted by Crippen LogP contribution is 2.29. The molecule has 0 spiro atoms. The van der Waals surface area contributed by atoms with Crippen molar-refractivity contribution in [2.75, 3.05) is 0 Å². The molecule has 0 saturated carbocycles. The molecule has 0 aliphatic carbocycles. The monoisotopic (exact) mass is 258 g/mol. The lowest BCUT2D eigenvalue weighted by Gasteiger charge is -2.00. The highest BCUT2D eigenvalue weighted by Gasteiger charge is 2.11. The van der Waals surface area contributed by atoms with Crippen molar-refractivity contribution >= 4 is 26.9 Å². The Kier molecular flexibility index (Phi) is 2.03. The smallest absolute Gasteiger partial charge is 0.354 e. The van der Waals surface area contributed by atoms with E-state index in [9.17, 15) is 14.3 Å². The lowest BCUT2D eigenvalue weighted by atomic mass is 10.2. The molecule has 1 heterocycles. The molecule has 72 valence electrons. The van der Waals surface area contributed by atoms with Gasteiger partial charge in [0, 0.05) is 0 Å². The topological polar surface area (TPSA) is 50.4 Å². The van der Waals surface area contributed by atoms with Crippen LogP contribution in [-0.4, -0.2) is 5.11 Å². The maximum absolute atomic E-state index is 12.8. The van der Waals surface area contributed by atoms with E-state index >= 15 is 0 Å². The van der Waals surface area contributed by atoms with Crippen LogP contribution < -0.4 is 5.63 Å². The molecule has 0 unspecified atom stereocenters. The Hall–Kier alpha value is -1.36. The Morgan fingerprint density at radius 1 is 1.43 bits per heavy atom. The average molecular weight is 259 g/mol. The Morgan fingerprint density at radius 2 is 2.14 bits per heavy atom. The Bertz CT molecular complexity index is 562. The molecule has 0 bridgehead atoms. The predicted molar refractivity (Wildman–Crippen MR) is 51.8 cm³/mol. The van der Waals surface area contributed by atoms with Gasteiger partial charge in [-0.2, -0.15) is 0 Å². The van der Waals surface area contributed by atoms with E-state index in [-0.39, 0.29) is 21.2 Å². The van der Waals surface area contributed by atoms with Gasteiger partial charge in [0.05, 0.1) is 5.39 Å². The first kappa shape index (κ1) is 9.21.